The number of thiazole rings is 1. The monoisotopic (exact) mass is 289 g/mol. The minimum atomic E-state index is -1.24. The van der Waals surface area contributed by atoms with Gasteiger partial charge in [0.1, 0.15) is 11.4 Å². The number of aromatic nitrogens is 1. The average molecular weight is 290 g/mol. The summed E-state index contributed by atoms with van der Waals surface area (Å²) in [5.74, 6) is -1.72. The van der Waals surface area contributed by atoms with Crippen LogP contribution in [0.25, 0.3) is 0 Å². The van der Waals surface area contributed by atoms with Gasteiger partial charge in [-0.05, 0) is 5.92 Å². The minimum absolute atomic E-state index is 0.105. The molecule has 1 heterocycles. The number of carboxylic acid groups (broad SMARTS) is 1. The molecule has 0 aliphatic carbocycles. The third-order valence-corrected chi connectivity index (χ3v) is 3.11. The Morgan fingerprint density at radius 3 is 2.83 bits per heavy atom. The maximum atomic E-state index is 11.6. The molecular formula is C10H12ClN3O3S. The number of nitrogens with zero attached hydrogens (tertiary/aromatic N) is 1. The first-order chi connectivity index (χ1) is 8.40. The zero-order chi connectivity index (χ0) is 13.7. The van der Waals surface area contributed by atoms with Gasteiger partial charge >= 0.3 is 5.97 Å². The number of amides is 1. The second-order valence-corrected chi connectivity index (χ2v) is 5.23. The van der Waals surface area contributed by atoms with Crippen LogP contribution in [0.1, 0.15) is 23.8 Å². The summed E-state index contributed by atoms with van der Waals surface area (Å²) in [6.07, 6.45) is 0.105. The van der Waals surface area contributed by atoms with Crippen molar-refractivity contribution in [3.63, 3.8) is 0 Å². The number of nitrogens with one attached hydrogen (secondary N) is 2. The molecule has 0 spiro atoms. The molecule has 18 heavy (non-hydrogen) atoms. The fourth-order valence-electron chi connectivity index (χ4n) is 1.22. The molecule has 0 fully saturated rings. The van der Waals surface area contributed by atoms with Crippen LogP contribution in [-0.4, -0.2) is 34.2 Å². The number of aliphatic carboxylic acids is 1. The molecule has 1 amide bonds. The van der Waals surface area contributed by atoms with Gasteiger partial charge in [-0.15, -0.1) is 11.3 Å². The Morgan fingerprint density at radius 1 is 1.67 bits per heavy atom. The first-order valence-corrected chi connectivity index (χ1v) is 6.36. The van der Waals surface area contributed by atoms with Crippen LogP contribution in [0.2, 0.25) is 4.47 Å². The summed E-state index contributed by atoms with van der Waals surface area (Å²) >= 11 is 6.77. The van der Waals surface area contributed by atoms with Crippen LogP contribution in [0, 0.1) is 11.3 Å². The summed E-state index contributed by atoms with van der Waals surface area (Å²) in [7, 11) is 0. The van der Waals surface area contributed by atoms with Crippen molar-refractivity contribution in [2.75, 3.05) is 6.54 Å². The first-order valence-electron chi connectivity index (χ1n) is 5.10. The van der Waals surface area contributed by atoms with Crippen molar-refractivity contribution >= 4 is 40.5 Å². The summed E-state index contributed by atoms with van der Waals surface area (Å²) in [6.45, 7) is 2.04. The molecule has 1 aromatic rings. The van der Waals surface area contributed by atoms with E-state index in [4.69, 9.17) is 22.1 Å². The SMILES string of the molecule is C[C@@H](CNC(=O)c1csc(Cl)n1)CC(=N)C(=O)O. The van der Waals surface area contributed by atoms with E-state index in [1.54, 1.807) is 12.3 Å². The topological polar surface area (TPSA) is 103 Å². The van der Waals surface area contributed by atoms with E-state index in [-0.39, 0.29) is 36.2 Å². The Kier molecular flexibility index (Phi) is 5.24. The van der Waals surface area contributed by atoms with Gasteiger partial charge < -0.3 is 10.4 Å². The first kappa shape index (κ1) is 14.6. The largest absolute Gasteiger partial charge is 0.477 e. The van der Waals surface area contributed by atoms with Gasteiger partial charge in [-0.3, -0.25) is 10.2 Å². The second kappa shape index (κ2) is 6.46. The van der Waals surface area contributed by atoms with E-state index >= 15 is 0 Å². The molecular weight excluding hydrogens is 278 g/mol. The number of carboxylic acids is 1. The highest BCUT2D eigenvalue weighted by Gasteiger charge is 2.14. The molecule has 0 unspecified atom stereocenters. The standard InChI is InChI=1S/C10H12ClN3O3S/c1-5(2-6(12)9(16)17)3-13-8(15)7-4-18-10(11)14-7/h4-5,12H,2-3H2,1H3,(H,13,15)(H,16,17)/t5-/m1/s1. The summed E-state index contributed by atoms with van der Waals surface area (Å²) in [6, 6.07) is 0. The van der Waals surface area contributed by atoms with Crippen LogP contribution in [0.15, 0.2) is 5.38 Å². The molecule has 1 rings (SSSR count). The van der Waals surface area contributed by atoms with E-state index in [2.05, 4.69) is 10.3 Å². The van der Waals surface area contributed by atoms with Crippen LogP contribution in [-0.2, 0) is 4.79 Å². The van der Waals surface area contributed by atoms with Crippen molar-refractivity contribution in [3.05, 3.63) is 15.5 Å². The number of rotatable bonds is 6. The van der Waals surface area contributed by atoms with Crippen molar-refractivity contribution in [3.8, 4) is 0 Å². The summed E-state index contributed by atoms with van der Waals surface area (Å²) in [5, 5.41) is 19.9. The van der Waals surface area contributed by atoms with Gasteiger partial charge in [-0.1, -0.05) is 18.5 Å². The fourth-order valence-corrected chi connectivity index (χ4v) is 1.97. The molecule has 0 saturated heterocycles. The van der Waals surface area contributed by atoms with Crippen molar-refractivity contribution in [2.24, 2.45) is 5.92 Å². The van der Waals surface area contributed by atoms with Gasteiger partial charge in [0.05, 0.1) is 0 Å². The summed E-state index contributed by atoms with van der Waals surface area (Å²) in [4.78, 5) is 25.9. The predicted molar refractivity (Wildman–Crippen MR) is 68.6 cm³/mol. The molecule has 0 aliphatic rings. The van der Waals surface area contributed by atoms with E-state index in [1.165, 1.54) is 0 Å². The van der Waals surface area contributed by atoms with Gasteiger partial charge in [0, 0.05) is 18.3 Å². The predicted octanol–water partition coefficient (Wildman–Crippen LogP) is 1.66. The van der Waals surface area contributed by atoms with Gasteiger partial charge in [-0.2, -0.15) is 0 Å². The molecule has 98 valence electrons. The maximum absolute atomic E-state index is 11.6. The quantitative estimate of drug-likeness (QED) is 0.693. The smallest absolute Gasteiger partial charge is 0.349 e. The molecule has 0 aliphatic heterocycles. The minimum Gasteiger partial charge on any atom is -0.477 e. The molecule has 0 saturated carbocycles. The third-order valence-electron chi connectivity index (χ3n) is 2.13. The lowest BCUT2D eigenvalue weighted by Crippen LogP contribution is -2.30. The van der Waals surface area contributed by atoms with Crippen LogP contribution in [0.3, 0.4) is 0 Å². The van der Waals surface area contributed by atoms with E-state index in [0.717, 1.165) is 11.3 Å². The Morgan fingerprint density at radius 2 is 2.33 bits per heavy atom. The molecule has 1 aromatic heterocycles. The van der Waals surface area contributed by atoms with Crippen LogP contribution < -0.4 is 5.32 Å². The highest BCUT2D eigenvalue weighted by Crippen LogP contribution is 2.14. The van der Waals surface area contributed by atoms with E-state index < -0.39 is 5.97 Å². The molecule has 1 atom stereocenters. The number of hydrogen-bond donors (Lipinski definition) is 3. The average Bonchev–Trinajstić information content (AvgIpc) is 2.72. The molecule has 8 heteroatoms. The molecule has 0 radical (unpaired) electrons. The zero-order valence-electron chi connectivity index (χ0n) is 9.57. The van der Waals surface area contributed by atoms with Crippen molar-refractivity contribution in [1.82, 2.24) is 10.3 Å². The molecule has 6 nitrogen and oxygen atoms in total. The normalized spacial score (nSPS) is 11.9. The van der Waals surface area contributed by atoms with Crippen LogP contribution in [0.4, 0.5) is 0 Å². The molecule has 0 bridgehead atoms. The lowest BCUT2D eigenvalue weighted by molar-refractivity contribution is -0.129. The number of hydrogen-bond acceptors (Lipinski definition) is 5. The van der Waals surface area contributed by atoms with Gasteiger partial charge in [0.15, 0.2) is 4.47 Å². The molecule has 0 aromatic carbocycles. The Balaban J connectivity index is 2.39. The van der Waals surface area contributed by atoms with Crippen LogP contribution in [0.5, 0.6) is 0 Å². The summed E-state index contributed by atoms with van der Waals surface area (Å²) < 4.78 is 0.292. The highest BCUT2D eigenvalue weighted by atomic mass is 35.5. The van der Waals surface area contributed by atoms with Crippen molar-refractivity contribution < 1.29 is 14.7 Å². The van der Waals surface area contributed by atoms with Crippen molar-refractivity contribution in [2.45, 2.75) is 13.3 Å². The molecule has 3 N–H and O–H groups in total. The summed E-state index contributed by atoms with van der Waals surface area (Å²) in [5.41, 5.74) is -0.126. The van der Waals surface area contributed by atoms with Gasteiger partial charge in [-0.25, -0.2) is 9.78 Å². The number of halogens is 1. The number of carbonyl (C=O) groups excluding carboxylic acids is 1. The fraction of sp³-hybridized carbons (Fsp3) is 0.400. The Labute approximate surface area is 113 Å². The van der Waals surface area contributed by atoms with Crippen LogP contribution >= 0.6 is 22.9 Å². The van der Waals surface area contributed by atoms with E-state index in [1.807, 2.05) is 0 Å². The number of carbonyl (C=O) groups is 2. The van der Waals surface area contributed by atoms with E-state index in [0.29, 0.717) is 4.47 Å². The van der Waals surface area contributed by atoms with Gasteiger partial charge in [0.2, 0.25) is 0 Å². The zero-order valence-corrected chi connectivity index (χ0v) is 11.1. The van der Waals surface area contributed by atoms with Gasteiger partial charge in [0.25, 0.3) is 5.91 Å². The Hall–Kier alpha value is -1.47. The maximum Gasteiger partial charge on any atom is 0.349 e. The highest BCUT2D eigenvalue weighted by molar-refractivity contribution is 7.14. The van der Waals surface area contributed by atoms with Crippen molar-refractivity contribution in [1.29, 1.82) is 5.41 Å². The lowest BCUT2D eigenvalue weighted by Gasteiger charge is -2.10. The van der Waals surface area contributed by atoms with E-state index in [9.17, 15) is 9.59 Å². The third kappa shape index (κ3) is 4.42. The Bertz CT molecular complexity index is 475. The second-order valence-electron chi connectivity index (χ2n) is 3.79. The lowest BCUT2D eigenvalue weighted by atomic mass is 10.0.